The summed E-state index contributed by atoms with van der Waals surface area (Å²) >= 11 is 6.37. The van der Waals surface area contributed by atoms with Crippen molar-refractivity contribution in [2.24, 2.45) is 0 Å². The maximum atomic E-state index is 13.0. The first kappa shape index (κ1) is 15.6. The predicted octanol–water partition coefficient (Wildman–Crippen LogP) is 3.83. The van der Waals surface area contributed by atoms with E-state index in [1.54, 1.807) is 0 Å². The van der Waals surface area contributed by atoms with Crippen molar-refractivity contribution in [3.8, 4) is 0 Å². The Labute approximate surface area is 133 Å². The van der Waals surface area contributed by atoms with E-state index >= 15 is 0 Å². The van der Waals surface area contributed by atoms with Gasteiger partial charge in [-0.2, -0.15) is 0 Å². The van der Waals surface area contributed by atoms with Crippen molar-refractivity contribution in [1.82, 2.24) is 4.72 Å². The molecule has 0 atom stereocenters. The van der Waals surface area contributed by atoms with Crippen LogP contribution in [0.25, 0.3) is 0 Å². The molecule has 0 fully saturated rings. The Morgan fingerprint density at radius 3 is 2.50 bits per heavy atom. The first-order valence-corrected chi connectivity index (χ1v) is 8.64. The maximum Gasteiger partial charge on any atom is 0.241 e. The Hall–Kier alpha value is -0.760. The lowest BCUT2D eigenvalue weighted by molar-refractivity contribution is 0.579. The lowest BCUT2D eigenvalue weighted by Crippen LogP contribution is -2.23. The van der Waals surface area contributed by atoms with Crippen molar-refractivity contribution in [3.05, 3.63) is 62.8 Å². The third kappa shape index (κ3) is 3.88. The van der Waals surface area contributed by atoms with Crippen molar-refractivity contribution in [2.75, 3.05) is 0 Å². The zero-order valence-electron chi connectivity index (χ0n) is 10.1. The molecule has 0 heterocycles. The number of nitrogens with one attached hydrogen (secondary N) is 1. The summed E-state index contributed by atoms with van der Waals surface area (Å²) in [4.78, 5) is 0.00824. The molecular formula is C13H10Br2FNO2S. The molecule has 3 nitrogen and oxygen atoms in total. The average molecular weight is 423 g/mol. The van der Waals surface area contributed by atoms with Crippen LogP contribution in [0, 0.1) is 5.82 Å². The molecule has 0 saturated heterocycles. The highest BCUT2D eigenvalue weighted by atomic mass is 79.9. The molecule has 2 aromatic carbocycles. The molecule has 7 heteroatoms. The summed E-state index contributed by atoms with van der Waals surface area (Å²) in [5, 5.41) is 0. The van der Waals surface area contributed by atoms with Gasteiger partial charge in [0.2, 0.25) is 10.0 Å². The molecule has 0 bridgehead atoms. The molecule has 2 rings (SSSR count). The summed E-state index contributed by atoms with van der Waals surface area (Å²) < 4.78 is 40.8. The van der Waals surface area contributed by atoms with Crippen LogP contribution >= 0.6 is 31.9 Å². The van der Waals surface area contributed by atoms with Crippen LogP contribution < -0.4 is 4.72 Å². The fourth-order valence-electron chi connectivity index (χ4n) is 1.60. The number of halogens is 3. The first-order valence-electron chi connectivity index (χ1n) is 5.58. The van der Waals surface area contributed by atoms with Crippen molar-refractivity contribution in [1.29, 1.82) is 0 Å². The Kier molecular flexibility index (Phi) is 4.95. The van der Waals surface area contributed by atoms with E-state index in [-0.39, 0.29) is 15.9 Å². The van der Waals surface area contributed by atoms with E-state index in [1.165, 1.54) is 6.07 Å². The number of hydrogen-bond acceptors (Lipinski definition) is 2. The smallest absolute Gasteiger partial charge is 0.207 e. The van der Waals surface area contributed by atoms with E-state index in [2.05, 4.69) is 36.6 Å². The van der Waals surface area contributed by atoms with E-state index in [0.717, 1.165) is 22.2 Å². The molecule has 0 aromatic heterocycles. The van der Waals surface area contributed by atoms with Crippen molar-refractivity contribution in [2.45, 2.75) is 11.4 Å². The highest BCUT2D eigenvalue weighted by Crippen LogP contribution is 2.23. The lowest BCUT2D eigenvalue weighted by atomic mass is 10.2. The minimum Gasteiger partial charge on any atom is -0.207 e. The molecule has 20 heavy (non-hydrogen) atoms. The van der Waals surface area contributed by atoms with Crippen LogP contribution in [0.3, 0.4) is 0 Å². The third-order valence-corrected chi connectivity index (χ3v) is 5.41. The largest absolute Gasteiger partial charge is 0.241 e. The van der Waals surface area contributed by atoms with Crippen LogP contribution in [-0.2, 0) is 16.6 Å². The van der Waals surface area contributed by atoms with E-state index < -0.39 is 15.8 Å². The topological polar surface area (TPSA) is 46.2 Å². The van der Waals surface area contributed by atoms with Crippen LogP contribution in [0.2, 0.25) is 0 Å². The second-order valence-electron chi connectivity index (χ2n) is 4.03. The van der Waals surface area contributed by atoms with Gasteiger partial charge in [0.05, 0.1) is 4.90 Å². The number of hydrogen-bond donors (Lipinski definition) is 1. The van der Waals surface area contributed by atoms with E-state index in [4.69, 9.17) is 0 Å². The van der Waals surface area contributed by atoms with Crippen LogP contribution in [0.4, 0.5) is 4.39 Å². The highest BCUT2D eigenvalue weighted by molar-refractivity contribution is 9.10. The SMILES string of the molecule is O=S(=O)(NCc1cccc(Br)c1)c1ccc(F)cc1Br. The van der Waals surface area contributed by atoms with Gasteiger partial charge in [0.15, 0.2) is 0 Å². The Balaban J connectivity index is 2.19. The molecule has 0 radical (unpaired) electrons. The molecule has 0 unspecified atom stereocenters. The summed E-state index contributed by atoms with van der Waals surface area (Å²) in [5.74, 6) is -0.497. The highest BCUT2D eigenvalue weighted by Gasteiger charge is 2.17. The first-order chi connectivity index (χ1) is 9.38. The number of benzene rings is 2. The van der Waals surface area contributed by atoms with Gasteiger partial charge in [0, 0.05) is 15.5 Å². The van der Waals surface area contributed by atoms with Gasteiger partial charge in [-0.1, -0.05) is 28.1 Å². The predicted molar refractivity (Wildman–Crippen MR) is 82.3 cm³/mol. The molecular weight excluding hydrogens is 413 g/mol. The van der Waals surface area contributed by atoms with Crippen LogP contribution in [0.15, 0.2) is 56.3 Å². The molecule has 0 aliphatic carbocycles. The summed E-state index contributed by atoms with van der Waals surface area (Å²) in [6.45, 7) is 0.158. The summed E-state index contributed by atoms with van der Waals surface area (Å²) in [6, 6.07) is 10.8. The Morgan fingerprint density at radius 2 is 1.85 bits per heavy atom. The van der Waals surface area contributed by atoms with Crippen molar-refractivity contribution >= 4 is 41.9 Å². The average Bonchev–Trinajstić information content (AvgIpc) is 2.36. The number of rotatable bonds is 4. The minimum absolute atomic E-state index is 0.00824. The molecule has 0 aliphatic rings. The fraction of sp³-hybridized carbons (Fsp3) is 0.0769. The monoisotopic (exact) mass is 421 g/mol. The fourth-order valence-corrected chi connectivity index (χ4v) is 4.11. The standard InChI is InChI=1S/C13H10Br2FNO2S/c14-10-3-1-2-9(6-10)8-17-20(18,19)13-5-4-11(16)7-12(13)15/h1-7,17H,8H2. The molecule has 1 N–H and O–H groups in total. The summed E-state index contributed by atoms with van der Waals surface area (Å²) in [7, 11) is -3.70. The Bertz CT molecular complexity index is 735. The second-order valence-corrected chi connectivity index (χ2v) is 7.53. The zero-order chi connectivity index (χ0) is 14.8. The van der Waals surface area contributed by atoms with Crippen LogP contribution in [0.1, 0.15) is 5.56 Å². The summed E-state index contributed by atoms with van der Waals surface area (Å²) in [5.41, 5.74) is 0.821. The molecule has 2 aromatic rings. The summed E-state index contributed by atoms with van der Waals surface area (Å²) in [6.07, 6.45) is 0. The van der Waals surface area contributed by atoms with Crippen molar-refractivity contribution < 1.29 is 12.8 Å². The van der Waals surface area contributed by atoms with Gasteiger partial charge in [-0.05, 0) is 51.8 Å². The lowest BCUT2D eigenvalue weighted by Gasteiger charge is -2.09. The number of sulfonamides is 1. The molecule has 0 saturated carbocycles. The normalized spacial score (nSPS) is 11.6. The van der Waals surface area contributed by atoms with E-state index in [0.29, 0.717) is 0 Å². The maximum absolute atomic E-state index is 13.0. The molecule has 0 amide bonds. The zero-order valence-corrected chi connectivity index (χ0v) is 14.1. The van der Waals surface area contributed by atoms with Gasteiger partial charge in [-0.15, -0.1) is 0 Å². The van der Waals surface area contributed by atoms with E-state index in [9.17, 15) is 12.8 Å². The van der Waals surface area contributed by atoms with Gasteiger partial charge in [-0.25, -0.2) is 17.5 Å². The van der Waals surface area contributed by atoms with Gasteiger partial charge in [0.25, 0.3) is 0 Å². The van der Waals surface area contributed by atoms with Gasteiger partial charge < -0.3 is 0 Å². The van der Waals surface area contributed by atoms with Gasteiger partial charge in [0.1, 0.15) is 5.82 Å². The Morgan fingerprint density at radius 1 is 1.10 bits per heavy atom. The molecule has 0 spiro atoms. The van der Waals surface area contributed by atoms with Gasteiger partial charge >= 0.3 is 0 Å². The van der Waals surface area contributed by atoms with Crippen LogP contribution in [0.5, 0.6) is 0 Å². The second kappa shape index (κ2) is 6.34. The van der Waals surface area contributed by atoms with Crippen LogP contribution in [-0.4, -0.2) is 8.42 Å². The quantitative estimate of drug-likeness (QED) is 0.813. The molecule has 0 aliphatic heterocycles. The van der Waals surface area contributed by atoms with Crippen molar-refractivity contribution in [3.63, 3.8) is 0 Å². The minimum atomic E-state index is -3.70. The molecule has 106 valence electrons. The van der Waals surface area contributed by atoms with Gasteiger partial charge in [-0.3, -0.25) is 0 Å². The van der Waals surface area contributed by atoms with E-state index in [1.807, 2.05) is 24.3 Å². The third-order valence-electron chi connectivity index (χ3n) is 2.54.